The van der Waals surface area contributed by atoms with Crippen molar-refractivity contribution in [3.05, 3.63) is 35.1 Å². The third-order valence-corrected chi connectivity index (χ3v) is 2.54. The summed E-state index contributed by atoms with van der Waals surface area (Å²) in [5.41, 5.74) is 1.41. The van der Waals surface area contributed by atoms with Crippen LogP contribution in [0.1, 0.15) is 44.7 Å². The lowest BCUT2D eigenvalue weighted by Gasteiger charge is -2.10. The summed E-state index contributed by atoms with van der Waals surface area (Å²) in [4.78, 5) is 11.5. The molecule has 0 aromatic heterocycles. The van der Waals surface area contributed by atoms with Gasteiger partial charge in [-0.05, 0) is 37.0 Å². The van der Waals surface area contributed by atoms with E-state index in [9.17, 15) is 9.18 Å². The average molecular weight is 237 g/mol. The molecule has 1 N–H and O–H groups in total. The molecule has 0 radical (unpaired) electrons. The quantitative estimate of drug-likeness (QED) is 0.857. The minimum atomic E-state index is -0.296. The smallest absolute Gasteiger partial charge is 0.224 e. The molecular formula is C14H20FNO. The average Bonchev–Trinajstić information content (AvgIpc) is 2.19. The van der Waals surface area contributed by atoms with Gasteiger partial charge in [0.2, 0.25) is 5.91 Å². The van der Waals surface area contributed by atoms with E-state index in [1.807, 2.05) is 33.8 Å². The van der Waals surface area contributed by atoms with Gasteiger partial charge < -0.3 is 5.32 Å². The van der Waals surface area contributed by atoms with E-state index in [1.54, 1.807) is 6.07 Å². The Morgan fingerprint density at radius 2 is 1.94 bits per heavy atom. The highest BCUT2D eigenvalue weighted by atomic mass is 19.1. The van der Waals surface area contributed by atoms with Gasteiger partial charge in [0.15, 0.2) is 0 Å². The van der Waals surface area contributed by atoms with Crippen molar-refractivity contribution < 1.29 is 9.18 Å². The second-order valence-corrected chi connectivity index (χ2v) is 4.90. The van der Waals surface area contributed by atoms with Gasteiger partial charge in [0.1, 0.15) is 5.82 Å². The maximum atomic E-state index is 13.7. The van der Waals surface area contributed by atoms with Crippen LogP contribution in [-0.2, 0) is 11.2 Å². The molecule has 1 aromatic carbocycles. The van der Waals surface area contributed by atoms with Crippen molar-refractivity contribution in [2.45, 2.75) is 46.1 Å². The third-order valence-electron chi connectivity index (χ3n) is 2.54. The van der Waals surface area contributed by atoms with Crippen LogP contribution in [0, 0.1) is 5.82 Å². The maximum absolute atomic E-state index is 13.7. The molecule has 94 valence electrons. The van der Waals surface area contributed by atoms with Gasteiger partial charge in [-0.15, -0.1) is 0 Å². The molecule has 0 unspecified atom stereocenters. The van der Waals surface area contributed by atoms with Crippen LogP contribution < -0.4 is 5.32 Å². The van der Waals surface area contributed by atoms with Crippen LogP contribution in [0.25, 0.3) is 0 Å². The maximum Gasteiger partial charge on any atom is 0.224 e. The highest BCUT2D eigenvalue weighted by molar-refractivity contribution is 5.78. The van der Waals surface area contributed by atoms with Crippen molar-refractivity contribution in [3.8, 4) is 0 Å². The summed E-state index contributed by atoms with van der Waals surface area (Å²) in [7, 11) is 0. The number of nitrogens with one attached hydrogen (secondary N) is 1. The third kappa shape index (κ3) is 4.17. The number of hydrogen-bond acceptors (Lipinski definition) is 1. The number of amides is 1. The van der Waals surface area contributed by atoms with Gasteiger partial charge in [-0.25, -0.2) is 4.39 Å². The summed E-state index contributed by atoms with van der Waals surface area (Å²) >= 11 is 0. The van der Waals surface area contributed by atoms with Crippen LogP contribution >= 0.6 is 0 Å². The molecule has 0 atom stereocenters. The van der Waals surface area contributed by atoms with Crippen LogP contribution in [0.5, 0.6) is 0 Å². The number of benzene rings is 1. The number of hydrogen-bond donors (Lipinski definition) is 1. The van der Waals surface area contributed by atoms with E-state index >= 15 is 0 Å². The second kappa shape index (κ2) is 5.80. The van der Waals surface area contributed by atoms with Crippen molar-refractivity contribution in [2.24, 2.45) is 0 Å². The minimum absolute atomic E-state index is 0.0838. The summed E-state index contributed by atoms with van der Waals surface area (Å²) in [6.45, 7) is 7.80. The zero-order chi connectivity index (χ0) is 13.0. The lowest BCUT2D eigenvalue weighted by Crippen LogP contribution is -2.31. The summed E-state index contributed by atoms with van der Waals surface area (Å²) in [5.74, 6) is -0.144. The molecule has 0 heterocycles. The first-order valence-electron chi connectivity index (χ1n) is 5.97. The normalized spacial score (nSPS) is 11.0. The Labute approximate surface area is 102 Å². The fraction of sp³-hybridized carbons (Fsp3) is 0.500. The lowest BCUT2D eigenvalue weighted by atomic mass is 10.00. The molecule has 17 heavy (non-hydrogen) atoms. The van der Waals surface area contributed by atoms with E-state index in [0.29, 0.717) is 11.5 Å². The Morgan fingerprint density at radius 1 is 1.29 bits per heavy atom. The van der Waals surface area contributed by atoms with Crippen molar-refractivity contribution in [1.82, 2.24) is 5.32 Å². The Balaban J connectivity index is 2.76. The van der Waals surface area contributed by atoms with E-state index in [-0.39, 0.29) is 24.2 Å². The van der Waals surface area contributed by atoms with Gasteiger partial charge in [0.05, 0.1) is 6.42 Å². The zero-order valence-electron chi connectivity index (χ0n) is 10.9. The highest BCUT2D eigenvalue weighted by Crippen LogP contribution is 2.18. The molecule has 0 saturated carbocycles. The molecular weight excluding hydrogens is 217 g/mol. The lowest BCUT2D eigenvalue weighted by molar-refractivity contribution is -0.120. The molecule has 0 aliphatic heterocycles. The molecule has 0 spiro atoms. The van der Waals surface area contributed by atoms with E-state index in [2.05, 4.69) is 5.32 Å². The minimum Gasteiger partial charge on any atom is -0.354 e. The van der Waals surface area contributed by atoms with Gasteiger partial charge >= 0.3 is 0 Å². The molecule has 3 heteroatoms. The monoisotopic (exact) mass is 237 g/mol. The Bertz CT molecular complexity index is 399. The van der Waals surface area contributed by atoms with Crippen molar-refractivity contribution in [1.29, 1.82) is 0 Å². The number of carbonyl (C=O) groups excluding carboxylic acids is 1. The predicted molar refractivity (Wildman–Crippen MR) is 67.5 cm³/mol. The Hall–Kier alpha value is -1.38. The van der Waals surface area contributed by atoms with E-state index in [4.69, 9.17) is 0 Å². The van der Waals surface area contributed by atoms with Gasteiger partial charge in [0.25, 0.3) is 0 Å². The molecule has 0 bridgehead atoms. The fourth-order valence-electron chi connectivity index (χ4n) is 1.61. The second-order valence-electron chi connectivity index (χ2n) is 4.90. The first kappa shape index (κ1) is 13.7. The molecule has 0 aliphatic rings. The van der Waals surface area contributed by atoms with Gasteiger partial charge in [-0.3, -0.25) is 4.79 Å². The summed E-state index contributed by atoms with van der Waals surface area (Å²) in [6, 6.07) is 5.18. The van der Waals surface area contributed by atoms with Gasteiger partial charge in [-0.2, -0.15) is 0 Å². The highest BCUT2D eigenvalue weighted by Gasteiger charge is 2.10. The van der Waals surface area contributed by atoms with Crippen molar-refractivity contribution >= 4 is 5.91 Å². The standard InChI is InChI=1S/C14H20FNO/c1-9(2)11-5-6-12(13(15)7-11)8-14(17)16-10(3)4/h5-7,9-10H,8H2,1-4H3,(H,16,17). The predicted octanol–water partition coefficient (Wildman–Crippen LogP) is 3.02. The summed E-state index contributed by atoms with van der Waals surface area (Å²) in [6.07, 6.45) is 0.0996. The SMILES string of the molecule is CC(C)NC(=O)Cc1ccc(C(C)C)cc1F. The van der Waals surface area contributed by atoms with Crippen molar-refractivity contribution in [2.75, 3.05) is 0 Å². The Kier molecular flexibility index (Phi) is 4.67. The molecule has 0 fully saturated rings. The first-order chi connectivity index (χ1) is 7.90. The van der Waals surface area contributed by atoms with Crippen LogP contribution in [0.3, 0.4) is 0 Å². The molecule has 1 rings (SSSR count). The number of rotatable bonds is 4. The van der Waals surface area contributed by atoms with Gasteiger partial charge in [-0.1, -0.05) is 26.0 Å². The van der Waals surface area contributed by atoms with Crippen LogP contribution in [0.4, 0.5) is 4.39 Å². The summed E-state index contributed by atoms with van der Waals surface area (Å²) < 4.78 is 13.7. The van der Waals surface area contributed by atoms with E-state index in [1.165, 1.54) is 6.07 Å². The van der Waals surface area contributed by atoms with E-state index < -0.39 is 0 Å². The topological polar surface area (TPSA) is 29.1 Å². The van der Waals surface area contributed by atoms with E-state index in [0.717, 1.165) is 5.56 Å². The first-order valence-corrected chi connectivity index (χ1v) is 5.97. The van der Waals surface area contributed by atoms with Crippen LogP contribution in [-0.4, -0.2) is 11.9 Å². The number of carbonyl (C=O) groups is 1. The zero-order valence-corrected chi connectivity index (χ0v) is 10.9. The summed E-state index contributed by atoms with van der Waals surface area (Å²) in [5, 5.41) is 2.75. The molecule has 1 amide bonds. The van der Waals surface area contributed by atoms with Crippen LogP contribution in [0.2, 0.25) is 0 Å². The molecule has 2 nitrogen and oxygen atoms in total. The molecule has 0 saturated heterocycles. The van der Waals surface area contributed by atoms with Gasteiger partial charge in [0, 0.05) is 6.04 Å². The van der Waals surface area contributed by atoms with Crippen LogP contribution in [0.15, 0.2) is 18.2 Å². The largest absolute Gasteiger partial charge is 0.354 e. The molecule has 0 aliphatic carbocycles. The van der Waals surface area contributed by atoms with Crippen molar-refractivity contribution in [3.63, 3.8) is 0 Å². The fourth-order valence-corrected chi connectivity index (χ4v) is 1.61. The number of halogens is 1. The Morgan fingerprint density at radius 3 is 2.41 bits per heavy atom. The molecule has 1 aromatic rings.